The molecular formula is C17H17N3O3. The van der Waals surface area contributed by atoms with Gasteiger partial charge in [-0.3, -0.25) is 19.9 Å². The zero-order valence-corrected chi connectivity index (χ0v) is 12.6. The van der Waals surface area contributed by atoms with Crippen LogP contribution in [0.5, 0.6) is 0 Å². The molecule has 0 spiro atoms. The molecule has 2 aromatic rings. The topological polar surface area (TPSA) is 76.3 Å². The van der Waals surface area contributed by atoms with Crippen molar-refractivity contribution in [1.82, 2.24) is 4.98 Å². The van der Waals surface area contributed by atoms with Gasteiger partial charge < -0.3 is 4.90 Å². The van der Waals surface area contributed by atoms with Gasteiger partial charge in [0.15, 0.2) is 0 Å². The number of amides is 1. The molecule has 0 saturated carbocycles. The first kappa shape index (κ1) is 15.1. The first-order chi connectivity index (χ1) is 11.1. The third kappa shape index (κ3) is 3.36. The van der Waals surface area contributed by atoms with Crippen LogP contribution in [0.25, 0.3) is 0 Å². The number of hydrogen-bond acceptors (Lipinski definition) is 4. The van der Waals surface area contributed by atoms with Gasteiger partial charge in [-0.2, -0.15) is 0 Å². The summed E-state index contributed by atoms with van der Waals surface area (Å²) in [5.74, 6) is 0.0214. The molecule has 1 aromatic carbocycles. The predicted octanol–water partition coefficient (Wildman–Crippen LogP) is 2.90. The summed E-state index contributed by atoms with van der Waals surface area (Å²) in [6.45, 7) is 0.599. The number of rotatable bonds is 5. The average molecular weight is 311 g/mol. The fraction of sp³-hybridized carbons (Fsp3) is 0.294. The predicted molar refractivity (Wildman–Crippen MR) is 86.3 cm³/mol. The van der Waals surface area contributed by atoms with Crippen molar-refractivity contribution in [1.29, 1.82) is 0 Å². The standard InChI is InChI=1S/C17H17N3O3/c21-17(5-1-3-13-4-2-9-18-12-13)19-10-8-14-6-7-15(20(22)23)11-16(14)19/h2,4,6-7,9,11-12H,1,3,5,8,10H2. The molecule has 23 heavy (non-hydrogen) atoms. The average Bonchev–Trinajstić information content (AvgIpc) is 2.98. The number of hydrogen-bond donors (Lipinski definition) is 0. The molecule has 0 saturated heterocycles. The molecule has 1 aliphatic heterocycles. The van der Waals surface area contributed by atoms with Crippen molar-refractivity contribution < 1.29 is 9.72 Å². The van der Waals surface area contributed by atoms with E-state index in [1.165, 1.54) is 12.1 Å². The zero-order chi connectivity index (χ0) is 16.2. The third-order valence-corrected chi connectivity index (χ3v) is 4.06. The molecule has 0 aliphatic carbocycles. The number of aromatic nitrogens is 1. The Morgan fingerprint density at radius 3 is 2.96 bits per heavy atom. The van der Waals surface area contributed by atoms with Gasteiger partial charge in [0.25, 0.3) is 5.69 Å². The fourth-order valence-corrected chi connectivity index (χ4v) is 2.86. The highest BCUT2D eigenvalue weighted by Crippen LogP contribution is 2.32. The summed E-state index contributed by atoms with van der Waals surface area (Å²) in [6, 6.07) is 8.62. The molecule has 0 N–H and O–H groups in total. The third-order valence-electron chi connectivity index (χ3n) is 4.06. The van der Waals surface area contributed by atoms with Crippen LogP contribution in [0.15, 0.2) is 42.7 Å². The van der Waals surface area contributed by atoms with Gasteiger partial charge in [0.1, 0.15) is 0 Å². The SMILES string of the molecule is O=C(CCCc1cccnc1)N1CCc2ccc([N+](=O)[O-])cc21. The van der Waals surface area contributed by atoms with E-state index in [1.807, 2.05) is 12.1 Å². The summed E-state index contributed by atoms with van der Waals surface area (Å²) >= 11 is 0. The Hall–Kier alpha value is -2.76. The Morgan fingerprint density at radius 2 is 2.22 bits per heavy atom. The van der Waals surface area contributed by atoms with Crippen molar-refractivity contribution in [2.45, 2.75) is 25.7 Å². The minimum absolute atomic E-state index is 0.0214. The van der Waals surface area contributed by atoms with Crippen LogP contribution in [0.2, 0.25) is 0 Å². The van der Waals surface area contributed by atoms with Gasteiger partial charge in [0.05, 0.1) is 10.6 Å². The van der Waals surface area contributed by atoms with Crippen LogP contribution in [0.3, 0.4) is 0 Å². The van der Waals surface area contributed by atoms with Gasteiger partial charge in [-0.05, 0) is 36.5 Å². The summed E-state index contributed by atoms with van der Waals surface area (Å²) in [6.07, 6.45) is 6.25. The van der Waals surface area contributed by atoms with Crippen LogP contribution >= 0.6 is 0 Å². The first-order valence-corrected chi connectivity index (χ1v) is 7.62. The Labute approximate surface area is 133 Å². The van der Waals surface area contributed by atoms with Crippen LogP contribution in [-0.2, 0) is 17.6 Å². The highest BCUT2D eigenvalue weighted by molar-refractivity contribution is 5.95. The molecule has 1 aliphatic rings. The van der Waals surface area contributed by atoms with Gasteiger partial charge in [0.2, 0.25) is 5.91 Å². The summed E-state index contributed by atoms with van der Waals surface area (Å²) in [7, 11) is 0. The molecule has 0 bridgehead atoms. The highest BCUT2D eigenvalue weighted by atomic mass is 16.6. The summed E-state index contributed by atoms with van der Waals surface area (Å²) in [4.78, 5) is 28.6. The van der Waals surface area contributed by atoms with Crippen LogP contribution < -0.4 is 4.90 Å². The Kier molecular flexibility index (Phi) is 4.32. The van der Waals surface area contributed by atoms with E-state index in [1.54, 1.807) is 23.4 Å². The van der Waals surface area contributed by atoms with Gasteiger partial charge in [-0.15, -0.1) is 0 Å². The number of nitro groups is 1. The van der Waals surface area contributed by atoms with Crippen molar-refractivity contribution in [3.63, 3.8) is 0 Å². The number of benzene rings is 1. The zero-order valence-electron chi connectivity index (χ0n) is 12.6. The second-order valence-electron chi connectivity index (χ2n) is 5.58. The number of non-ortho nitro benzene ring substituents is 1. The molecule has 1 amide bonds. The molecule has 6 heteroatoms. The van der Waals surface area contributed by atoms with E-state index < -0.39 is 4.92 Å². The first-order valence-electron chi connectivity index (χ1n) is 7.62. The lowest BCUT2D eigenvalue weighted by Gasteiger charge is -2.17. The van der Waals surface area contributed by atoms with Crippen LogP contribution in [0.4, 0.5) is 11.4 Å². The maximum Gasteiger partial charge on any atom is 0.271 e. The summed E-state index contributed by atoms with van der Waals surface area (Å²) < 4.78 is 0. The Bertz CT molecular complexity index is 731. The van der Waals surface area contributed by atoms with Crippen molar-refractivity contribution in [3.8, 4) is 0 Å². The number of nitrogens with zero attached hydrogens (tertiary/aromatic N) is 3. The minimum Gasteiger partial charge on any atom is -0.312 e. The largest absolute Gasteiger partial charge is 0.312 e. The van der Waals surface area contributed by atoms with E-state index in [0.29, 0.717) is 18.7 Å². The number of aryl methyl sites for hydroxylation is 1. The molecule has 118 valence electrons. The molecule has 0 radical (unpaired) electrons. The van der Waals surface area contributed by atoms with Crippen molar-refractivity contribution >= 4 is 17.3 Å². The smallest absolute Gasteiger partial charge is 0.271 e. The molecule has 0 fully saturated rings. The number of anilines is 1. The Balaban J connectivity index is 1.63. The van der Waals surface area contributed by atoms with Gasteiger partial charge in [-0.25, -0.2) is 0 Å². The fourth-order valence-electron chi connectivity index (χ4n) is 2.86. The number of fused-ring (bicyclic) bond motifs is 1. The van der Waals surface area contributed by atoms with Crippen LogP contribution in [0.1, 0.15) is 24.0 Å². The lowest BCUT2D eigenvalue weighted by Crippen LogP contribution is -2.28. The maximum atomic E-state index is 12.4. The summed E-state index contributed by atoms with van der Waals surface area (Å²) in [5, 5.41) is 10.9. The molecule has 1 aromatic heterocycles. The quantitative estimate of drug-likeness (QED) is 0.628. The normalized spacial score (nSPS) is 13.0. The van der Waals surface area contributed by atoms with Crippen LogP contribution in [-0.4, -0.2) is 22.4 Å². The van der Waals surface area contributed by atoms with E-state index in [2.05, 4.69) is 4.98 Å². The number of carbonyl (C=O) groups is 1. The van der Waals surface area contributed by atoms with Gasteiger partial charge in [0, 0.05) is 37.5 Å². The second-order valence-corrected chi connectivity index (χ2v) is 5.58. The number of nitro benzene ring substituents is 1. The van der Waals surface area contributed by atoms with Crippen molar-refractivity contribution in [3.05, 3.63) is 64.0 Å². The van der Waals surface area contributed by atoms with E-state index in [-0.39, 0.29) is 11.6 Å². The summed E-state index contributed by atoms with van der Waals surface area (Å²) in [5.41, 5.74) is 2.82. The number of carbonyl (C=O) groups excluding carboxylic acids is 1. The molecule has 0 atom stereocenters. The van der Waals surface area contributed by atoms with Crippen molar-refractivity contribution in [2.75, 3.05) is 11.4 Å². The van der Waals surface area contributed by atoms with Crippen molar-refractivity contribution in [2.24, 2.45) is 0 Å². The van der Waals surface area contributed by atoms with E-state index >= 15 is 0 Å². The van der Waals surface area contributed by atoms with Gasteiger partial charge >= 0.3 is 0 Å². The molecule has 3 rings (SSSR count). The maximum absolute atomic E-state index is 12.4. The van der Waals surface area contributed by atoms with E-state index in [9.17, 15) is 14.9 Å². The molecular weight excluding hydrogens is 294 g/mol. The second kappa shape index (κ2) is 6.56. The van der Waals surface area contributed by atoms with Gasteiger partial charge in [-0.1, -0.05) is 12.1 Å². The van der Waals surface area contributed by atoms with Crippen LogP contribution in [0, 0.1) is 10.1 Å². The monoisotopic (exact) mass is 311 g/mol. The minimum atomic E-state index is -0.427. The lowest BCUT2D eigenvalue weighted by atomic mass is 10.1. The highest BCUT2D eigenvalue weighted by Gasteiger charge is 2.26. The molecule has 6 nitrogen and oxygen atoms in total. The number of pyridine rings is 1. The molecule has 0 unspecified atom stereocenters. The molecule has 2 heterocycles. The Morgan fingerprint density at radius 1 is 1.35 bits per heavy atom. The van der Waals surface area contributed by atoms with E-state index in [4.69, 9.17) is 0 Å². The van der Waals surface area contributed by atoms with E-state index in [0.717, 1.165) is 30.4 Å². The lowest BCUT2D eigenvalue weighted by molar-refractivity contribution is -0.384.